The van der Waals surface area contributed by atoms with E-state index in [-0.39, 0.29) is 17.9 Å². The van der Waals surface area contributed by atoms with Crippen molar-refractivity contribution in [3.63, 3.8) is 0 Å². The number of hydrogen-bond acceptors (Lipinski definition) is 3. The largest absolute Gasteiger partial charge is 0.494 e. The van der Waals surface area contributed by atoms with Gasteiger partial charge in [-0.3, -0.25) is 9.59 Å². The molecule has 31 heavy (non-hydrogen) atoms. The number of carbonyl (C=O) groups excluding carboxylic acids is 2. The van der Waals surface area contributed by atoms with Crippen LogP contribution in [0.3, 0.4) is 0 Å². The zero-order valence-corrected chi connectivity index (χ0v) is 19.4. The molecule has 2 aromatic rings. The molecule has 0 unspecified atom stereocenters. The molecule has 2 amide bonds. The first-order valence-corrected chi connectivity index (χ1v) is 11.3. The van der Waals surface area contributed by atoms with E-state index >= 15 is 0 Å². The number of ether oxygens (including phenoxy) is 1. The smallest absolute Gasteiger partial charge is 0.242 e. The number of halogens is 1. The van der Waals surface area contributed by atoms with Gasteiger partial charge >= 0.3 is 0 Å². The van der Waals surface area contributed by atoms with Crippen molar-refractivity contribution in [3.05, 3.63) is 65.2 Å². The molecule has 2 aromatic carbocycles. The third-order valence-electron chi connectivity index (χ3n) is 5.27. The Bertz CT molecular complexity index is 811. The molecule has 0 fully saturated rings. The van der Waals surface area contributed by atoms with E-state index in [0.29, 0.717) is 37.4 Å². The van der Waals surface area contributed by atoms with Gasteiger partial charge in [-0.2, -0.15) is 0 Å². The summed E-state index contributed by atoms with van der Waals surface area (Å²) in [4.78, 5) is 27.4. The molecule has 0 aliphatic heterocycles. The maximum Gasteiger partial charge on any atom is 0.242 e. The highest BCUT2D eigenvalue weighted by Crippen LogP contribution is 2.16. The van der Waals surface area contributed by atoms with Gasteiger partial charge in [-0.05, 0) is 62.9 Å². The molecule has 0 spiro atoms. The molecule has 6 heteroatoms. The van der Waals surface area contributed by atoms with Crippen LogP contribution in [0.1, 0.15) is 45.6 Å². The number of carbonyl (C=O) groups is 2. The third kappa shape index (κ3) is 8.62. The van der Waals surface area contributed by atoms with Crippen LogP contribution in [0, 0.1) is 0 Å². The minimum absolute atomic E-state index is 0.0394. The molecule has 168 valence electrons. The second-order valence-electron chi connectivity index (χ2n) is 7.72. The van der Waals surface area contributed by atoms with E-state index in [1.54, 1.807) is 36.1 Å². The highest BCUT2D eigenvalue weighted by molar-refractivity contribution is 6.30. The van der Waals surface area contributed by atoms with E-state index in [9.17, 15) is 9.59 Å². The summed E-state index contributed by atoms with van der Waals surface area (Å²) < 4.78 is 5.69. The van der Waals surface area contributed by atoms with Gasteiger partial charge in [0.2, 0.25) is 11.8 Å². The van der Waals surface area contributed by atoms with E-state index in [1.165, 1.54) is 0 Å². The first-order valence-electron chi connectivity index (χ1n) is 10.9. The van der Waals surface area contributed by atoms with E-state index in [1.807, 2.05) is 44.2 Å². The average molecular weight is 445 g/mol. The average Bonchev–Trinajstić information content (AvgIpc) is 2.78. The van der Waals surface area contributed by atoms with Crippen molar-refractivity contribution in [3.8, 4) is 5.75 Å². The lowest BCUT2D eigenvalue weighted by Gasteiger charge is -2.29. The van der Waals surface area contributed by atoms with Gasteiger partial charge in [0, 0.05) is 24.0 Å². The predicted octanol–water partition coefficient (Wildman–Crippen LogP) is 4.87. The minimum Gasteiger partial charge on any atom is -0.494 e. The molecule has 0 bridgehead atoms. The third-order valence-corrected chi connectivity index (χ3v) is 5.52. The highest BCUT2D eigenvalue weighted by Gasteiger charge is 2.26. The van der Waals surface area contributed by atoms with Gasteiger partial charge in [-0.1, -0.05) is 48.9 Å². The summed E-state index contributed by atoms with van der Waals surface area (Å²) in [6.45, 7) is 6.71. The molecule has 0 aromatic heterocycles. The normalized spacial score (nSPS) is 12.6. The Labute approximate surface area is 190 Å². The second-order valence-corrected chi connectivity index (χ2v) is 8.16. The van der Waals surface area contributed by atoms with Crippen LogP contribution in [0.5, 0.6) is 5.75 Å². The first-order chi connectivity index (χ1) is 14.9. The molecule has 0 heterocycles. The molecule has 0 aliphatic rings. The van der Waals surface area contributed by atoms with Crippen molar-refractivity contribution in [2.75, 3.05) is 13.2 Å². The van der Waals surface area contributed by atoms with Gasteiger partial charge in [0.25, 0.3) is 0 Å². The molecular weight excluding hydrogens is 412 g/mol. The summed E-state index contributed by atoms with van der Waals surface area (Å²) >= 11 is 5.88. The highest BCUT2D eigenvalue weighted by atomic mass is 35.5. The van der Waals surface area contributed by atoms with Crippen LogP contribution < -0.4 is 10.1 Å². The van der Waals surface area contributed by atoms with E-state index in [2.05, 4.69) is 5.32 Å². The van der Waals surface area contributed by atoms with Crippen LogP contribution in [-0.4, -0.2) is 41.9 Å². The lowest BCUT2D eigenvalue weighted by molar-refractivity contribution is -0.140. The number of nitrogens with one attached hydrogen (secondary N) is 1. The molecule has 2 atom stereocenters. The van der Waals surface area contributed by atoms with E-state index < -0.39 is 6.04 Å². The lowest BCUT2D eigenvalue weighted by Crippen LogP contribution is -2.50. The Kier molecular flexibility index (Phi) is 10.4. The monoisotopic (exact) mass is 444 g/mol. The van der Waals surface area contributed by atoms with Gasteiger partial charge in [0.05, 0.1) is 6.61 Å². The molecule has 0 radical (unpaired) electrons. The van der Waals surface area contributed by atoms with Gasteiger partial charge in [0.1, 0.15) is 11.8 Å². The molecule has 0 saturated carbocycles. The molecule has 2 rings (SSSR count). The van der Waals surface area contributed by atoms with Crippen LogP contribution in [0.25, 0.3) is 0 Å². The second kappa shape index (κ2) is 13.0. The standard InChI is InChI=1S/C25H33ClN2O3/c1-4-19(2)27-25(30)20(3)28(17-16-21-9-6-5-7-10-21)24(29)11-8-18-31-23-14-12-22(26)13-15-23/h5-7,9-10,12-15,19-20H,4,8,11,16-18H2,1-3H3,(H,27,30)/t19-,20+/m0/s1. The minimum atomic E-state index is -0.526. The van der Waals surface area contributed by atoms with Crippen molar-refractivity contribution >= 4 is 23.4 Å². The van der Waals surface area contributed by atoms with Crippen molar-refractivity contribution in [2.45, 2.75) is 58.5 Å². The maximum atomic E-state index is 13.0. The quantitative estimate of drug-likeness (QED) is 0.475. The van der Waals surface area contributed by atoms with Gasteiger partial charge in [0.15, 0.2) is 0 Å². The number of benzene rings is 2. The number of hydrogen-bond donors (Lipinski definition) is 1. The van der Waals surface area contributed by atoms with E-state index in [0.717, 1.165) is 17.7 Å². The Hall–Kier alpha value is -2.53. The summed E-state index contributed by atoms with van der Waals surface area (Å²) in [6, 6.07) is 16.7. The van der Waals surface area contributed by atoms with Gasteiger partial charge in [-0.25, -0.2) is 0 Å². The predicted molar refractivity (Wildman–Crippen MR) is 125 cm³/mol. The van der Waals surface area contributed by atoms with Crippen LogP contribution in [0.2, 0.25) is 5.02 Å². The van der Waals surface area contributed by atoms with Crippen LogP contribution in [-0.2, 0) is 16.0 Å². The fourth-order valence-electron chi connectivity index (χ4n) is 3.12. The van der Waals surface area contributed by atoms with Crippen molar-refractivity contribution in [2.24, 2.45) is 0 Å². The maximum absolute atomic E-state index is 13.0. The molecule has 0 saturated heterocycles. The fourth-order valence-corrected chi connectivity index (χ4v) is 3.25. The summed E-state index contributed by atoms with van der Waals surface area (Å²) in [5.74, 6) is 0.565. The number of nitrogens with zero attached hydrogens (tertiary/aromatic N) is 1. The number of rotatable bonds is 12. The SMILES string of the molecule is CC[C@H](C)NC(=O)[C@@H](C)N(CCc1ccccc1)C(=O)CCCOc1ccc(Cl)cc1. The van der Waals surface area contributed by atoms with Gasteiger partial charge in [-0.15, -0.1) is 0 Å². The zero-order valence-electron chi connectivity index (χ0n) is 18.6. The topological polar surface area (TPSA) is 58.6 Å². The Morgan fingerprint density at radius 2 is 1.74 bits per heavy atom. The lowest BCUT2D eigenvalue weighted by atomic mass is 10.1. The molecule has 5 nitrogen and oxygen atoms in total. The molecular formula is C25H33ClN2O3. The fraction of sp³-hybridized carbons (Fsp3) is 0.440. The molecule has 1 N–H and O–H groups in total. The van der Waals surface area contributed by atoms with Crippen LogP contribution >= 0.6 is 11.6 Å². The van der Waals surface area contributed by atoms with Crippen molar-refractivity contribution in [1.82, 2.24) is 10.2 Å². The van der Waals surface area contributed by atoms with Crippen molar-refractivity contribution in [1.29, 1.82) is 0 Å². The van der Waals surface area contributed by atoms with Crippen LogP contribution in [0.15, 0.2) is 54.6 Å². The Morgan fingerprint density at radius 3 is 2.39 bits per heavy atom. The molecule has 0 aliphatic carbocycles. The van der Waals surface area contributed by atoms with Gasteiger partial charge < -0.3 is 15.0 Å². The zero-order chi connectivity index (χ0) is 22.6. The first kappa shape index (κ1) is 24.7. The summed E-state index contributed by atoms with van der Waals surface area (Å²) in [5, 5.41) is 3.64. The van der Waals surface area contributed by atoms with Crippen molar-refractivity contribution < 1.29 is 14.3 Å². The summed E-state index contributed by atoms with van der Waals surface area (Å²) in [7, 11) is 0. The number of amides is 2. The Balaban J connectivity index is 1.93. The summed E-state index contributed by atoms with van der Waals surface area (Å²) in [5.41, 5.74) is 1.14. The summed E-state index contributed by atoms with van der Waals surface area (Å²) in [6.07, 6.45) is 2.44. The van der Waals surface area contributed by atoms with E-state index in [4.69, 9.17) is 16.3 Å². The van der Waals surface area contributed by atoms with Crippen LogP contribution in [0.4, 0.5) is 0 Å². The Morgan fingerprint density at radius 1 is 1.06 bits per heavy atom.